The third kappa shape index (κ3) is 3.57. The van der Waals surface area contributed by atoms with Crippen molar-refractivity contribution in [1.82, 2.24) is 4.90 Å². The molecule has 1 saturated heterocycles. The summed E-state index contributed by atoms with van der Waals surface area (Å²) in [4.78, 5) is 15.0. The fourth-order valence-corrected chi connectivity index (χ4v) is 5.79. The van der Waals surface area contributed by atoms with Crippen LogP contribution in [0.3, 0.4) is 0 Å². The molecule has 4 rings (SSSR count). The molecule has 7 atom stereocenters. The number of esters is 1. The predicted octanol–water partition coefficient (Wildman–Crippen LogP) is 3.82. The van der Waals surface area contributed by atoms with Gasteiger partial charge in [0, 0.05) is 36.8 Å². The van der Waals surface area contributed by atoms with Crippen molar-refractivity contribution < 1.29 is 19.1 Å². The number of aliphatic hydroxyl groups excluding tert-OH is 1. The summed E-state index contributed by atoms with van der Waals surface area (Å²) in [5, 5.41) is 11.5. The average Bonchev–Trinajstić information content (AvgIpc) is 3.31. The SMILES string of the molecule is CC(CCc1ccco1)N(C)CC1C(=O)OC2CC3=CCCC(C)C3(C)C(O)C21. The lowest BCUT2D eigenvalue weighted by atomic mass is 9.55. The van der Waals surface area contributed by atoms with Crippen LogP contribution in [-0.4, -0.2) is 47.8 Å². The van der Waals surface area contributed by atoms with E-state index < -0.39 is 6.10 Å². The summed E-state index contributed by atoms with van der Waals surface area (Å²) in [6, 6.07) is 4.23. The van der Waals surface area contributed by atoms with Crippen LogP contribution in [0.15, 0.2) is 34.5 Å². The number of nitrogens with zero attached hydrogens (tertiary/aromatic N) is 1. The van der Waals surface area contributed by atoms with Gasteiger partial charge in [0.25, 0.3) is 0 Å². The van der Waals surface area contributed by atoms with E-state index in [0.717, 1.165) is 37.9 Å². The highest BCUT2D eigenvalue weighted by atomic mass is 16.6. The Labute approximate surface area is 174 Å². The summed E-state index contributed by atoms with van der Waals surface area (Å²) in [6.07, 6.45) is 8.05. The lowest BCUT2D eigenvalue weighted by molar-refractivity contribution is -0.145. The first-order valence-electron chi connectivity index (χ1n) is 11.1. The molecular weight excluding hydrogens is 366 g/mol. The van der Waals surface area contributed by atoms with Crippen LogP contribution < -0.4 is 0 Å². The Balaban J connectivity index is 1.46. The molecule has 2 heterocycles. The van der Waals surface area contributed by atoms with Gasteiger partial charge < -0.3 is 19.2 Å². The molecular formula is C24H35NO4. The van der Waals surface area contributed by atoms with Crippen LogP contribution in [0.25, 0.3) is 0 Å². The number of ether oxygens (including phenoxy) is 1. The summed E-state index contributed by atoms with van der Waals surface area (Å²) in [5.41, 5.74) is 1.05. The zero-order chi connectivity index (χ0) is 20.8. The molecule has 0 aromatic carbocycles. The lowest BCUT2D eigenvalue weighted by Crippen LogP contribution is -2.54. The average molecular weight is 402 g/mol. The second-order valence-corrected chi connectivity index (χ2v) is 9.71. The third-order valence-corrected chi connectivity index (χ3v) is 8.20. The maximum Gasteiger partial charge on any atom is 0.311 e. The number of allylic oxidation sites excluding steroid dienone is 1. The molecule has 2 fully saturated rings. The van der Waals surface area contributed by atoms with Crippen molar-refractivity contribution >= 4 is 5.97 Å². The number of hydrogen-bond acceptors (Lipinski definition) is 5. The Kier molecular flexibility index (Phi) is 5.64. The van der Waals surface area contributed by atoms with E-state index in [4.69, 9.17) is 9.15 Å². The van der Waals surface area contributed by atoms with Crippen molar-refractivity contribution in [2.45, 2.75) is 71.1 Å². The molecule has 1 aromatic rings. The van der Waals surface area contributed by atoms with Crippen LogP contribution in [-0.2, 0) is 16.0 Å². The van der Waals surface area contributed by atoms with Gasteiger partial charge in [0.2, 0.25) is 0 Å². The van der Waals surface area contributed by atoms with Gasteiger partial charge in [0.15, 0.2) is 0 Å². The molecule has 1 aliphatic heterocycles. The molecule has 1 saturated carbocycles. The van der Waals surface area contributed by atoms with E-state index in [1.165, 1.54) is 5.57 Å². The molecule has 5 heteroatoms. The predicted molar refractivity (Wildman–Crippen MR) is 111 cm³/mol. The normalized spacial score (nSPS) is 37.7. The molecule has 0 bridgehead atoms. The van der Waals surface area contributed by atoms with Gasteiger partial charge >= 0.3 is 5.97 Å². The summed E-state index contributed by atoms with van der Waals surface area (Å²) in [6.45, 7) is 7.24. The minimum absolute atomic E-state index is 0.120. The molecule has 5 nitrogen and oxygen atoms in total. The largest absolute Gasteiger partial charge is 0.469 e. The van der Waals surface area contributed by atoms with E-state index in [1.54, 1.807) is 6.26 Å². The number of furan rings is 1. The van der Waals surface area contributed by atoms with Crippen LogP contribution in [0, 0.1) is 23.2 Å². The molecule has 0 spiro atoms. The van der Waals surface area contributed by atoms with Crippen LogP contribution in [0.5, 0.6) is 0 Å². The molecule has 2 aliphatic carbocycles. The summed E-state index contributed by atoms with van der Waals surface area (Å²) in [7, 11) is 2.07. The van der Waals surface area contributed by atoms with E-state index in [9.17, 15) is 9.90 Å². The smallest absolute Gasteiger partial charge is 0.311 e. The first-order chi connectivity index (χ1) is 13.8. The molecule has 3 aliphatic rings. The third-order valence-electron chi connectivity index (χ3n) is 8.20. The summed E-state index contributed by atoms with van der Waals surface area (Å²) >= 11 is 0. The maximum absolute atomic E-state index is 12.8. The first kappa shape index (κ1) is 20.7. The Bertz CT molecular complexity index is 757. The number of aliphatic hydroxyl groups is 1. The fourth-order valence-electron chi connectivity index (χ4n) is 5.79. The van der Waals surface area contributed by atoms with Crippen molar-refractivity contribution in [3.8, 4) is 0 Å². The van der Waals surface area contributed by atoms with Crippen molar-refractivity contribution in [2.75, 3.05) is 13.6 Å². The van der Waals surface area contributed by atoms with E-state index >= 15 is 0 Å². The number of hydrogen-bond donors (Lipinski definition) is 1. The second-order valence-electron chi connectivity index (χ2n) is 9.71. The van der Waals surface area contributed by atoms with Gasteiger partial charge in [-0.05, 0) is 51.3 Å². The number of aryl methyl sites for hydroxylation is 1. The van der Waals surface area contributed by atoms with Gasteiger partial charge in [-0.25, -0.2) is 0 Å². The van der Waals surface area contributed by atoms with Crippen LogP contribution in [0.1, 0.15) is 52.2 Å². The number of rotatable bonds is 6. The standard InChI is InChI=1S/C24H35NO4/c1-15-7-5-8-17-13-20-21(22(26)24(15,17)3)19(23(27)29-20)14-25(4)16(2)10-11-18-9-6-12-28-18/h6,8-9,12,15-16,19-22,26H,5,7,10-11,13-14H2,1-4H3. The van der Waals surface area contributed by atoms with E-state index in [2.05, 4.69) is 38.8 Å². The summed E-state index contributed by atoms with van der Waals surface area (Å²) in [5.74, 6) is 0.884. The Morgan fingerprint density at radius 1 is 1.41 bits per heavy atom. The number of fused-ring (bicyclic) bond motifs is 2. The minimum atomic E-state index is -0.536. The quantitative estimate of drug-likeness (QED) is 0.580. The molecule has 0 amide bonds. The maximum atomic E-state index is 12.8. The van der Waals surface area contributed by atoms with E-state index in [-0.39, 0.29) is 29.3 Å². The molecule has 1 aromatic heterocycles. The van der Waals surface area contributed by atoms with Crippen LogP contribution in [0.4, 0.5) is 0 Å². The van der Waals surface area contributed by atoms with Gasteiger partial charge in [-0.15, -0.1) is 0 Å². The Hall–Kier alpha value is -1.59. The molecule has 0 radical (unpaired) electrons. The molecule has 160 valence electrons. The number of carbonyl (C=O) groups is 1. The van der Waals surface area contributed by atoms with Gasteiger partial charge in [0.05, 0.1) is 18.3 Å². The zero-order valence-corrected chi connectivity index (χ0v) is 18.1. The summed E-state index contributed by atoms with van der Waals surface area (Å²) < 4.78 is 11.2. The Morgan fingerprint density at radius 2 is 2.21 bits per heavy atom. The van der Waals surface area contributed by atoms with E-state index in [1.807, 2.05) is 12.1 Å². The van der Waals surface area contributed by atoms with E-state index in [0.29, 0.717) is 18.5 Å². The van der Waals surface area contributed by atoms with Crippen molar-refractivity contribution in [3.05, 3.63) is 35.8 Å². The zero-order valence-electron chi connectivity index (χ0n) is 18.1. The monoisotopic (exact) mass is 401 g/mol. The van der Waals surface area contributed by atoms with Crippen LogP contribution in [0.2, 0.25) is 0 Å². The Morgan fingerprint density at radius 3 is 2.93 bits per heavy atom. The van der Waals surface area contributed by atoms with Gasteiger partial charge in [-0.1, -0.05) is 25.5 Å². The van der Waals surface area contributed by atoms with Crippen molar-refractivity contribution in [3.63, 3.8) is 0 Å². The first-order valence-corrected chi connectivity index (χ1v) is 11.1. The highest BCUT2D eigenvalue weighted by Crippen LogP contribution is 2.56. The van der Waals surface area contributed by atoms with Crippen molar-refractivity contribution in [2.24, 2.45) is 23.2 Å². The van der Waals surface area contributed by atoms with Gasteiger partial charge in [-0.2, -0.15) is 0 Å². The molecule has 7 unspecified atom stereocenters. The highest BCUT2D eigenvalue weighted by molar-refractivity contribution is 5.76. The van der Waals surface area contributed by atoms with Gasteiger partial charge in [-0.3, -0.25) is 4.79 Å². The number of carbonyl (C=O) groups excluding carboxylic acids is 1. The molecule has 29 heavy (non-hydrogen) atoms. The second kappa shape index (κ2) is 7.92. The van der Waals surface area contributed by atoms with Crippen LogP contribution >= 0.6 is 0 Å². The topological polar surface area (TPSA) is 62.9 Å². The fraction of sp³-hybridized carbons (Fsp3) is 0.708. The lowest BCUT2D eigenvalue weighted by Gasteiger charge is -2.52. The highest BCUT2D eigenvalue weighted by Gasteiger charge is 2.59. The van der Waals surface area contributed by atoms with Gasteiger partial charge in [0.1, 0.15) is 11.9 Å². The molecule has 1 N–H and O–H groups in total. The van der Waals surface area contributed by atoms with Crippen molar-refractivity contribution in [1.29, 1.82) is 0 Å². The minimum Gasteiger partial charge on any atom is -0.469 e.